The second kappa shape index (κ2) is 6.47. The van der Waals surface area contributed by atoms with Crippen LogP contribution in [0.25, 0.3) is 0 Å². The number of fused-ring (bicyclic) bond motifs is 1. The summed E-state index contributed by atoms with van der Waals surface area (Å²) < 4.78 is 10.9. The molecule has 0 aliphatic carbocycles. The van der Waals surface area contributed by atoms with Gasteiger partial charge in [0.25, 0.3) is 5.91 Å². The van der Waals surface area contributed by atoms with Crippen LogP contribution in [0.4, 0.5) is 0 Å². The highest BCUT2D eigenvalue weighted by molar-refractivity contribution is 5.98. The van der Waals surface area contributed by atoms with Crippen molar-refractivity contribution in [2.24, 2.45) is 11.8 Å². The van der Waals surface area contributed by atoms with Gasteiger partial charge in [-0.05, 0) is 18.1 Å². The van der Waals surface area contributed by atoms with Gasteiger partial charge in [0.1, 0.15) is 13.2 Å². The van der Waals surface area contributed by atoms with E-state index < -0.39 is 11.9 Å². The van der Waals surface area contributed by atoms with Gasteiger partial charge in [0.2, 0.25) is 0 Å². The number of benzene rings is 1. The summed E-state index contributed by atoms with van der Waals surface area (Å²) in [6.45, 7) is 4.54. The van der Waals surface area contributed by atoms with Crippen LogP contribution in [-0.2, 0) is 4.79 Å². The van der Waals surface area contributed by atoms with Gasteiger partial charge in [0, 0.05) is 6.54 Å². The summed E-state index contributed by atoms with van der Waals surface area (Å²) in [6.07, 6.45) is 0. The SMILES string of the molecule is CC(C)C(CNC(=O)c1cccc2c1OCCO2)C(=O)O. The summed E-state index contributed by atoms with van der Waals surface area (Å²) in [5, 5.41) is 11.8. The number of ether oxygens (including phenoxy) is 2. The first-order chi connectivity index (χ1) is 10.0. The van der Waals surface area contributed by atoms with Crippen molar-refractivity contribution in [3.63, 3.8) is 0 Å². The molecule has 21 heavy (non-hydrogen) atoms. The van der Waals surface area contributed by atoms with Gasteiger partial charge in [0.05, 0.1) is 11.5 Å². The van der Waals surface area contributed by atoms with Gasteiger partial charge in [-0.25, -0.2) is 0 Å². The zero-order chi connectivity index (χ0) is 15.4. The Bertz CT molecular complexity index is 541. The minimum Gasteiger partial charge on any atom is -0.486 e. The number of carboxylic acid groups (broad SMARTS) is 1. The first kappa shape index (κ1) is 15.2. The van der Waals surface area contributed by atoms with Crippen molar-refractivity contribution in [1.82, 2.24) is 5.32 Å². The topological polar surface area (TPSA) is 84.9 Å². The lowest BCUT2D eigenvalue weighted by atomic mass is 9.96. The van der Waals surface area contributed by atoms with Gasteiger partial charge < -0.3 is 19.9 Å². The molecule has 6 heteroatoms. The van der Waals surface area contributed by atoms with Crippen molar-refractivity contribution in [2.75, 3.05) is 19.8 Å². The Morgan fingerprint density at radius 3 is 2.67 bits per heavy atom. The number of nitrogens with one attached hydrogen (secondary N) is 1. The monoisotopic (exact) mass is 293 g/mol. The van der Waals surface area contributed by atoms with Gasteiger partial charge >= 0.3 is 5.97 Å². The molecule has 6 nitrogen and oxygen atoms in total. The van der Waals surface area contributed by atoms with Crippen molar-refractivity contribution in [3.05, 3.63) is 23.8 Å². The Hall–Kier alpha value is -2.24. The van der Waals surface area contributed by atoms with Crippen LogP contribution in [0.1, 0.15) is 24.2 Å². The minimum absolute atomic E-state index is 0.0629. The molecular formula is C15H19NO5. The van der Waals surface area contributed by atoms with Crippen molar-refractivity contribution in [1.29, 1.82) is 0 Å². The van der Waals surface area contributed by atoms with Gasteiger partial charge in [-0.3, -0.25) is 9.59 Å². The van der Waals surface area contributed by atoms with Gasteiger partial charge in [-0.2, -0.15) is 0 Å². The Morgan fingerprint density at radius 2 is 2.00 bits per heavy atom. The molecule has 1 aromatic carbocycles. The highest BCUT2D eigenvalue weighted by Gasteiger charge is 2.24. The van der Waals surface area contributed by atoms with Crippen LogP contribution in [0.2, 0.25) is 0 Å². The highest BCUT2D eigenvalue weighted by atomic mass is 16.6. The maximum absolute atomic E-state index is 12.2. The summed E-state index contributed by atoms with van der Waals surface area (Å²) in [4.78, 5) is 23.4. The fraction of sp³-hybridized carbons (Fsp3) is 0.467. The predicted molar refractivity (Wildman–Crippen MR) is 75.7 cm³/mol. The minimum atomic E-state index is -0.917. The second-order valence-corrected chi connectivity index (χ2v) is 5.23. The Morgan fingerprint density at radius 1 is 1.29 bits per heavy atom. The average molecular weight is 293 g/mol. The lowest BCUT2D eigenvalue weighted by Gasteiger charge is -2.21. The fourth-order valence-electron chi connectivity index (χ4n) is 2.16. The molecule has 0 radical (unpaired) electrons. The van der Waals surface area contributed by atoms with Crippen LogP contribution < -0.4 is 14.8 Å². The van der Waals surface area contributed by atoms with Crippen LogP contribution in [0.15, 0.2) is 18.2 Å². The summed E-state index contributed by atoms with van der Waals surface area (Å²) in [5.41, 5.74) is 0.361. The summed E-state index contributed by atoms with van der Waals surface area (Å²) in [5.74, 6) is -1.01. The molecule has 2 rings (SSSR count). The zero-order valence-electron chi connectivity index (χ0n) is 12.1. The number of hydrogen-bond donors (Lipinski definition) is 2. The largest absolute Gasteiger partial charge is 0.486 e. The number of amides is 1. The van der Waals surface area contributed by atoms with Crippen molar-refractivity contribution in [3.8, 4) is 11.5 Å². The molecule has 0 fully saturated rings. The molecule has 1 amide bonds. The number of carboxylic acids is 1. The van der Waals surface area contributed by atoms with Crippen LogP contribution in [0.3, 0.4) is 0 Å². The summed E-state index contributed by atoms with van der Waals surface area (Å²) >= 11 is 0. The average Bonchev–Trinajstić information content (AvgIpc) is 2.46. The maximum Gasteiger partial charge on any atom is 0.308 e. The van der Waals surface area contributed by atoms with E-state index in [1.165, 1.54) is 0 Å². The molecule has 1 aliphatic rings. The van der Waals surface area contributed by atoms with E-state index in [1.807, 2.05) is 13.8 Å². The summed E-state index contributed by atoms with van der Waals surface area (Å²) in [7, 11) is 0. The van der Waals surface area contributed by atoms with E-state index in [0.29, 0.717) is 30.3 Å². The van der Waals surface area contributed by atoms with E-state index in [-0.39, 0.29) is 18.4 Å². The number of carbonyl (C=O) groups excluding carboxylic acids is 1. The molecule has 1 unspecified atom stereocenters. The number of carbonyl (C=O) groups is 2. The van der Waals surface area contributed by atoms with Crippen LogP contribution in [-0.4, -0.2) is 36.7 Å². The number of hydrogen-bond acceptors (Lipinski definition) is 4. The molecule has 1 aromatic rings. The molecule has 0 spiro atoms. The van der Waals surface area contributed by atoms with Crippen LogP contribution >= 0.6 is 0 Å². The molecular weight excluding hydrogens is 274 g/mol. The van der Waals surface area contributed by atoms with Crippen LogP contribution in [0.5, 0.6) is 11.5 Å². The third kappa shape index (κ3) is 3.45. The van der Waals surface area contributed by atoms with Crippen molar-refractivity contribution >= 4 is 11.9 Å². The number of para-hydroxylation sites is 1. The third-order valence-electron chi connectivity index (χ3n) is 3.42. The quantitative estimate of drug-likeness (QED) is 0.860. The first-order valence-corrected chi connectivity index (χ1v) is 6.90. The molecule has 1 atom stereocenters. The first-order valence-electron chi connectivity index (χ1n) is 6.90. The molecule has 0 saturated carbocycles. The molecule has 1 aliphatic heterocycles. The van der Waals surface area contributed by atoms with E-state index in [2.05, 4.69) is 5.32 Å². The van der Waals surface area contributed by atoms with E-state index >= 15 is 0 Å². The molecule has 0 bridgehead atoms. The van der Waals surface area contributed by atoms with Crippen LogP contribution in [0, 0.1) is 11.8 Å². The van der Waals surface area contributed by atoms with E-state index in [9.17, 15) is 9.59 Å². The van der Waals surface area contributed by atoms with Gasteiger partial charge in [0.15, 0.2) is 11.5 Å². The Labute approximate surface area is 123 Å². The molecule has 0 saturated heterocycles. The van der Waals surface area contributed by atoms with Gasteiger partial charge in [-0.15, -0.1) is 0 Å². The standard InChI is InChI=1S/C15H19NO5/c1-9(2)11(15(18)19)8-16-14(17)10-4-3-5-12-13(10)21-7-6-20-12/h3-5,9,11H,6-8H2,1-2H3,(H,16,17)(H,18,19). The predicted octanol–water partition coefficient (Wildman–Crippen LogP) is 1.54. The van der Waals surface area contributed by atoms with E-state index in [4.69, 9.17) is 14.6 Å². The normalized spacial score (nSPS) is 14.6. The molecule has 1 heterocycles. The smallest absolute Gasteiger partial charge is 0.308 e. The van der Waals surface area contributed by atoms with E-state index in [1.54, 1.807) is 18.2 Å². The zero-order valence-corrected chi connectivity index (χ0v) is 12.1. The third-order valence-corrected chi connectivity index (χ3v) is 3.42. The number of rotatable bonds is 5. The van der Waals surface area contributed by atoms with Crippen molar-refractivity contribution in [2.45, 2.75) is 13.8 Å². The second-order valence-electron chi connectivity index (χ2n) is 5.23. The Kier molecular flexibility index (Phi) is 4.67. The summed E-state index contributed by atoms with van der Waals surface area (Å²) in [6, 6.07) is 5.08. The highest BCUT2D eigenvalue weighted by Crippen LogP contribution is 2.33. The molecule has 0 aromatic heterocycles. The molecule has 114 valence electrons. The van der Waals surface area contributed by atoms with Gasteiger partial charge in [-0.1, -0.05) is 19.9 Å². The van der Waals surface area contributed by atoms with E-state index in [0.717, 1.165) is 0 Å². The Balaban J connectivity index is 2.09. The fourth-order valence-corrected chi connectivity index (χ4v) is 2.16. The molecule has 2 N–H and O–H groups in total. The maximum atomic E-state index is 12.2. The lowest BCUT2D eigenvalue weighted by Crippen LogP contribution is -2.36. The van der Waals surface area contributed by atoms with Crippen molar-refractivity contribution < 1.29 is 24.2 Å². The lowest BCUT2D eigenvalue weighted by molar-refractivity contribution is -0.142. The number of aliphatic carboxylic acids is 1.